The Morgan fingerprint density at radius 3 is 2.57 bits per heavy atom. The minimum Gasteiger partial charge on any atom is -0.351 e. The molecule has 0 radical (unpaired) electrons. The number of nitrogens with one attached hydrogen (secondary N) is 1. The van der Waals surface area contributed by atoms with E-state index in [0.717, 1.165) is 17.1 Å². The predicted octanol–water partition coefficient (Wildman–Crippen LogP) is 4.53. The van der Waals surface area contributed by atoms with Gasteiger partial charge in [-0.2, -0.15) is 17.0 Å². The average Bonchev–Trinajstić information content (AvgIpc) is 2.54. The van der Waals surface area contributed by atoms with E-state index in [9.17, 15) is 4.79 Å². The second kappa shape index (κ2) is 8.83. The van der Waals surface area contributed by atoms with E-state index in [1.165, 1.54) is 0 Å². The molecule has 6 heteroatoms. The lowest BCUT2D eigenvalue weighted by molar-refractivity contribution is 0.0956. The number of carbonyl (C=O) groups excluding carboxylic acids is 1. The SMILES string of the molecule is N#Cc1cccc(CSCCNC(=O)c2c(Cl)cccc2Cl)c1. The van der Waals surface area contributed by atoms with Crippen molar-refractivity contribution in [2.75, 3.05) is 12.3 Å². The molecule has 2 aromatic carbocycles. The van der Waals surface area contributed by atoms with Crippen LogP contribution in [0.2, 0.25) is 10.0 Å². The van der Waals surface area contributed by atoms with Crippen molar-refractivity contribution in [3.8, 4) is 6.07 Å². The normalized spacial score (nSPS) is 10.1. The molecule has 0 fully saturated rings. The highest BCUT2D eigenvalue weighted by Gasteiger charge is 2.13. The zero-order valence-corrected chi connectivity index (χ0v) is 14.5. The lowest BCUT2D eigenvalue weighted by Gasteiger charge is -2.08. The van der Waals surface area contributed by atoms with Crippen LogP contribution in [0.15, 0.2) is 42.5 Å². The van der Waals surface area contributed by atoms with Gasteiger partial charge in [0, 0.05) is 18.1 Å². The lowest BCUT2D eigenvalue weighted by atomic mass is 10.2. The number of amides is 1. The fourth-order valence-corrected chi connectivity index (χ4v) is 3.34. The number of halogens is 2. The molecule has 0 bridgehead atoms. The maximum Gasteiger partial charge on any atom is 0.254 e. The molecule has 0 aliphatic heterocycles. The first-order valence-electron chi connectivity index (χ1n) is 6.91. The summed E-state index contributed by atoms with van der Waals surface area (Å²) in [7, 11) is 0. The number of rotatable bonds is 6. The molecule has 0 spiro atoms. The fourth-order valence-electron chi connectivity index (χ4n) is 1.96. The first-order valence-corrected chi connectivity index (χ1v) is 8.82. The van der Waals surface area contributed by atoms with Gasteiger partial charge in [-0.3, -0.25) is 4.79 Å². The van der Waals surface area contributed by atoms with Gasteiger partial charge in [0.15, 0.2) is 0 Å². The minimum atomic E-state index is -0.271. The van der Waals surface area contributed by atoms with Gasteiger partial charge in [-0.05, 0) is 29.8 Å². The zero-order valence-electron chi connectivity index (χ0n) is 12.2. The first-order chi connectivity index (χ1) is 11.1. The zero-order chi connectivity index (χ0) is 16.7. The van der Waals surface area contributed by atoms with E-state index in [-0.39, 0.29) is 5.91 Å². The van der Waals surface area contributed by atoms with Crippen LogP contribution in [0.5, 0.6) is 0 Å². The number of hydrogen-bond donors (Lipinski definition) is 1. The molecule has 2 rings (SSSR count). The highest BCUT2D eigenvalue weighted by Crippen LogP contribution is 2.23. The Bertz CT molecular complexity index is 723. The standard InChI is InChI=1S/C17H14Cl2N2OS/c18-14-5-2-6-15(19)16(14)17(22)21-7-8-23-11-13-4-1-3-12(9-13)10-20/h1-6,9H,7-8,11H2,(H,21,22). The third-order valence-corrected chi connectivity index (χ3v) is 4.71. The van der Waals surface area contributed by atoms with Crippen molar-refractivity contribution in [1.29, 1.82) is 5.26 Å². The highest BCUT2D eigenvalue weighted by molar-refractivity contribution is 7.98. The third kappa shape index (κ3) is 5.18. The quantitative estimate of drug-likeness (QED) is 0.766. The molecule has 0 saturated heterocycles. The summed E-state index contributed by atoms with van der Waals surface area (Å²) >= 11 is 13.7. The monoisotopic (exact) mass is 364 g/mol. The lowest BCUT2D eigenvalue weighted by Crippen LogP contribution is -2.26. The van der Waals surface area contributed by atoms with Crippen molar-refractivity contribution in [2.45, 2.75) is 5.75 Å². The Kier molecular flexibility index (Phi) is 6.79. The Labute approximate surface area is 149 Å². The average molecular weight is 365 g/mol. The van der Waals surface area contributed by atoms with E-state index in [1.54, 1.807) is 36.0 Å². The van der Waals surface area contributed by atoms with Gasteiger partial charge in [-0.25, -0.2) is 0 Å². The molecule has 0 atom stereocenters. The summed E-state index contributed by atoms with van der Waals surface area (Å²) in [6.45, 7) is 0.517. The molecule has 2 aromatic rings. The van der Waals surface area contributed by atoms with Crippen LogP contribution in [0, 0.1) is 11.3 Å². The molecule has 0 aliphatic carbocycles. The topological polar surface area (TPSA) is 52.9 Å². The summed E-state index contributed by atoms with van der Waals surface area (Å²) in [6.07, 6.45) is 0. The van der Waals surface area contributed by atoms with Gasteiger partial charge < -0.3 is 5.32 Å². The molecule has 0 heterocycles. The summed E-state index contributed by atoms with van der Waals surface area (Å²) in [5.41, 5.74) is 2.06. The summed E-state index contributed by atoms with van der Waals surface area (Å²) in [4.78, 5) is 12.1. The van der Waals surface area contributed by atoms with Crippen LogP contribution in [-0.2, 0) is 5.75 Å². The van der Waals surface area contributed by atoms with Crippen LogP contribution in [0.3, 0.4) is 0 Å². The van der Waals surface area contributed by atoms with Crippen molar-refractivity contribution in [2.24, 2.45) is 0 Å². The first kappa shape index (κ1) is 17.7. The smallest absolute Gasteiger partial charge is 0.254 e. The van der Waals surface area contributed by atoms with Crippen LogP contribution >= 0.6 is 35.0 Å². The molecule has 0 saturated carbocycles. The molecular weight excluding hydrogens is 351 g/mol. The molecule has 0 aromatic heterocycles. The molecule has 23 heavy (non-hydrogen) atoms. The summed E-state index contributed by atoms with van der Waals surface area (Å²) in [5.74, 6) is 1.27. The largest absolute Gasteiger partial charge is 0.351 e. The van der Waals surface area contributed by atoms with Gasteiger partial charge in [0.05, 0.1) is 27.2 Å². The van der Waals surface area contributed by atoms with E-state index >= 15 is 0 Å². The molecule has 0 aliphatic rings. The number of benzene rings is 2. The van der Waals surface area contributed by atoms with Gasteiger partial charge >= 0.3 is 0 Å². The van der Waals surface area contributed by atoms with Crippen molar-refractivity contribution < 1.29 is 4.79 Å². The molecular formula is C17H14Cl2N2OS. The van der Waals surface area contributed by atoms with Gasteiger partial charge in [-0.1, -0.05) is 41.4 Å². The Morgan fingerprint density at radius 1 is 1.17 bits per heavy atom. The van der Waals surface area contributed by atoms with Gasteiger partial charge in [0.2, 0.25) is 0 Å². The van der Waals surface area contributed by atoms with E-state index in [1.807, 2.05) is 18.2 Å². The van der Waals surface area contributed by atoms with Gasteiger partial charge in [0.1, 0.15) is 0 Å². The third-order valence-electron chi connectivity index (χ3n) is 3.05. The van der Waals surface area contributed by atoms with Crippen molar-refractivity contribution in [3.05, 3.63) is 69.2 Å². The summed E-state index contributed by atoms with van der Waals surface area (Å²) < 4.78 is 0. The van der Waals surface area contributed by atoms with Crippen LogP contribution in [0.4, 0.5) is 0 Å². The van der Waals surface area contributed by atoms with Crippen LogP contribution in [0.1, 0.15) is 21.5 Å². The molecule has 118 valence electrons. The predicted molar refractivity (Wildman–Crippen MR) is 96.1 cm³/mol. The Balaban J connectivity index is 1.77. The number of nitriles is 1. The number of thioether (sulfide) groups is 1. The summed E-state index contributed by atoms with van der Waals surface area (Å²) in [6, 6.07) is 14.6. The van der Waals surface area contributed by atoms with Crippen molar-refractivity contribution >= 4 is 40.9 Å². The second-order valence-electron chi connectivity index (χ2n) is 4.72. The van der Waals surface area contributed by atoms with Gasteiger partial charge in [0.25, 0.3) is 5.91 Å². The van der Waals surface area contributed by atoms with Gasteiger partial charge in [-0.15, -0.1) is 0 Å². The highest BCUT2D eigenvalue weighted by atomic mass is 35.5. The van der Waals surface area contributed by atoms with E-state index in [0.29, 0.717) is 27.7 Å². The van der Waals surface area contributed by atoms with Crippen LogP contribution in [-0.4, -0.2) is 18.2 Å². The van der Waals surface area contributed by atoms with Crippen LogP contribution in [0.25, 0.3) is 0 Å². The molecule has 1 N–H and O–H groups in total. The van der Waals surface area contributed by atoms with Crippen LogP contribution < -0.4 is 5.32 Å². The number of carbonyl (C=O) groups is 1. The Hall–Kier alpha value is -1.67. The number of nitrogens with zero attached hydrogens (tertiary/aromatic N) is 1. The molecule has 1 amide bonds. The summed E-state index contributed by atoms with van der Waals surface area (Å²) in [5, 5.41) is 12.4. The minimum absolute atomic E-state index is 0.271. The van der Waals surface area contributed by atoms with E-state index in [2.05, 4.69) is 11.4 Å². The molecule has 3 nitrogen and oxygen atoms in total. The maximum absolute atomic E-state index is 12.1. The fraction of sp³-hybridized carbons (Fsp3) is 0.176. The van der Waals surface area contributed by atoms with E-state index < -0.39 is 0 Å². The molecule has 0 unspecified atom stereocenters. The van der Waals surface area contributed by atoms with Crippen molar-refractivity contribution in [1.82, 2.24) is 5.32 Å². The van der Waals surface area contributed by atoms with E-state index in [4.69, 9.17) is 28.5 Å². The number of hydrogen-bond acceptors (Lipinski definition) is 3. The van der Waals surface area contributed by atoms with Crippen molar-refractivity contribution in [3.63, 3.8) is 0 Å². The second-order valence-corrected chi connectivity index (χ2v) is 6.64. The Morgan fingerprint density at radius 2 is 1.87 bits per heavy atom. The maximum atomic E-state index is 12.1.